The smallest absolute Gasteiger partial charge is 0.173 e. The van der Waals surface area contributed by atoms with Crippen molar-refractivity contribution >= 4 is 51.8 Å². The van der Waals surface area contributed by atoms with Crippen LogP contribution in [-0.4, -0.2) is 19.9 Å². The van der Waals surface area contributed by atoms with Gasteiger partial charge in [-0.2, -0.15) is 0 Å². The fourth-order valence-corrected chi connectivity index (χ4v) is 3.82. The molecule has 0 radical (unpaired) electrons. The molecule has 0 aliphatic rings. The van der Waals surface area contributed by atoms with Crippen molar-refractivity contribution in [1.29, 1.82) is 0 Å². The molecule has 0 atom stereocenters. The molecule has 4 aromatic carbocycles. The van der Waals surface area contributed by atoms with Crippen LogP contribution in [0.1, 0.15) is 18.6 Å². The van der Waals surface area contributed by atoms with Crippen molar-refractivity contribution < 1.29 is 0 Å². The molecule has 0 saturated heterocycles. The lowest BCUT2D eigenvalue weighted by molar-refractivity contribution is 1.19. The van der Waals surface area contributed by atoms with Crippen molar-refractivity contribution in [3.05, 3.63) is 150 Å². The van der Waals surface area contributed by atoms with E-state index in [4.69, 9.17) is 17.3 Å². The summed E-state index contributed by atoms with van der Waals surface area (Å²) in [6.45, 7) is 4.05. The molecule has 2 heterocycles. The zero-order valence-electron chi connectivity index (χ0n) is 23.9. The highest BCUT2D eigenvalue weighted by Crippen LogP contribution is 2.25. The van der Waals surface area contributed by atoms with E-state index in [1.54, 1.807) is 24.8 Å². The van der Waals surface area contributed by atoms with Gasteiger partial charge in [0.1, 0.15) is 0 Å². The predicted molar refractivity (Wildman–Crippen MR) is 185 cm³/mol. The van der Waals surface area contributed by atoms with Gasteiger partial charge in [-0.3, -0.25) is 0 Å². The summed E-state index contributed by atoms with van der Waals surface area (Å²) in [5.41, 5.74) is 11.6. The minimum absolute atomic E-state index is 0. The molecule has 0 amide bonds. The second kappa shape index (κ2) is 17.5. The Hall–Kier alpha value is -5.47. The molecule has 8 nitrogen and oxygen atoms in total. The minimum Gasteiger partial charge on any atom is -0.399 e. The molecule has 0 unspecified atom stereocenters. The average molecular weight is 605 g/mol. The minimum atomic E-state index is 0. The first-order chi connectivity index (χ1) is 21.0. The molecule has 0 aliphatic heterocycles. The maximum atomic E-state index is 5.84. The molecule has 6 rings (SSSR count). The Balaban J connectivity index is 0.000000198. The number of hydrogen-bond acceptors (Lipinski definition) is 8. The van der Waals surface area contributed by atoms with Crippen molar-refractivity contribution in [3.63, 3.8) is 0 Å². The maximum absolute atomic E-state index is 5.84. The zero-order valence-corrected chi connectivity index (χ0v) is 24.7. The largest absolute Gasteiger partial charge is 0.399 e. The van der Waals surface area contributed by atoms with E-state index in [0.29, 0.717) is 22.6 Å². The van der Waals surface area contributed by atoms with Crippen LogP contribution in [0, 0.1) is 13.8 Å². The Labute approximate surface area is 264 Å². The van der Waals surface area contributed by atoms with Crippen LogP contribution in [0.5, 0.6) is 0 Å². The molecule has 0 bridgehead atoms. The van der Waals surface area contributed by atoms with E-state index in [1.807, 2.05) is 110 Å². The molecule has 5 N–H and O–H groups in total. The number of benzene rings is 4. The van der Waals surface area contributed by atoms with Gasteiger partial charge in [0.25, 0.3) is 0 Å². The number of halogens is 1. The zero-order chi connectivity index (χ0) is 30.3. The predicted octanol–water partition coefficient (Wildman–Crippen LogP) is 9.36. The first-order valence-electron chi connectivity index (χ1n) is 13.5. The molecule has 44 heavy (non-hydrogen) atoms. The molecular weight excluding hydrogens is 568 g/mol. The summed E-state index contributed by atoms with van der Waals surface area (Å²) in [5, 5.41) is 10.0. The Morgan fingerprint density at radius 2 is 0.932 bits per heavy atom. The van der Waals surface area contributed by atoms with E-state index < -0.39 is 0 Å². The molecule has 9 heteroatoms. The molecule has 0 saturated carbocycles. The third kappa shape index (κ3) is 10.4. The van der Waals surface area contributed by atoms with E-state index in [0.717, 1.165) is 33.9 Å². The molecule has 6 aromatic rings. The number of nitrogens with one attached hydrogen (secondary N) is 3. The van der Waals surface area contributed by atoms with Crippen LogP contribution in [0.4, 0.5) is 40.2 Å². The number of rotatable bonds is 6. The van der Waals surface area contributed by atoms with Gasteiger partial charge in [-0.25, -0.2) is 19.9 Å². The second-order valence-electron chi connectivity index (χ2n) is 9.23. The van der Waals surface area contributed by atoms with Crippen LogP contribution in [0.15, 0.2) is 134 Å². The first-order valence-corrected chi connectivity index (χ1v) is 13.9. The van der Waals surface area contributed by atoms with Crippen molar-refractivity contribution in [2.45, 2.75) is 21.3 Å². The summed E-state index contributed by atoms with van der Waals surface area (Å²) < 4.78 is 0. The number of para-hydroxylation sites is 4. The van der Waals surface area contributed by atoms with E-state index in [2.05, 4.69) is 48.9 Å². The number of anilines is 7. The monoisotopic (exact) mass is 604 g/mol. The quantitative estimate of drug-likeness (QED) is 0.139. The average Bonchev–Trinajstić information content (AvgIpc) is 3.04. The topological polar surface area (TPSA) is 114 Å². The van der Waals surface area contributed by atoms with Gasteiger partial charge in [0.15, 0.2) is 22.6 Å². The van der Waals surface area contributed by atoms with Gasteiger partial charge in [-0.05, 0) is 61.4 Å². The normalized spacial score (nSPS) is 9.61. The van der Waals surface area contributed by atoms with Crippen molar-refractivity contribution in [3.8, 4) is 0 Å². The maximum Gasteiger partial charge on any atom is 0.173 e. The molecular formula is C35H37ClN8. The van der Waals surface area contributed by atoms with Crippen LogP contribution in [0.3, 0.4) is 0 Å². The number of aryl methyl sites for hydroxylation is 2. The van der Waals surface area contributed by atoms with E-state index >= 15 is 0 Å². The Kier molecular flexibility index (Phi) is 13.1. The summed E-state index contributed by atoms with van der Waals surface area (Å²) >= 11 is 5.84. The lowest BCUT2D eigenvalue weighted by Gasteiger charge is -2.13. The SMILES string of the molecule is C.Cc1ccccc1N.Cc1ccccc1Nc1nccnc1Nc1ccccc1.Clc1nccnc1Nc1ccccc1. The van der Waals surface area contributed by atoms with Gasteiger partial charge >= 0.3 is 0 Å². The Bertz CT molecular complexity index is 1680. The van der Waals surface area contributed by atoms with Gasteiger partial charge < -0.3 is 21.7 Å². The molecule has 0 fully saturated rings. The summed E-state index contributed by atoms with van der Waals surface area (Å²) in [6.07, 6.45) is 6.50. The number of nitrogens with two attached hydrogens (primary N) is 1. The Morgan fingerprint density at radius 3 is 1.43 bits per heavy atom. The fourth-order valence-electron chi connectivity index (χ4n) is 3.67. The van der Waals surface area contributed by atoms with E-state index in [-0.39, 0.29) is 7.43 Å². The lowest BCUT2D eigenvalue weighted by Crippen LogP contribution is -2.02. The lowest BCUT2D eigenvalue weighted by atomic mass is 10.2. The van der Waals surface area contributed by atoms with Crippen LogP contribution >= 0.6 is 11.6 Å². The van der Waals surface area contributed by atoms with Crippen LogP contribution < -0.4 is 21.7 Å². The molecule has 0 spiro atoms. The molecule has 224 valence electrons. The number of aromatic nitrogens is 4. The number of hydrogen-bond donors (Lipinski definition) is 4. The van der Waals surface area contributed by atoms with Crippen LogP contribution in [0.25, 0.3) is 0 Å². The van der Waals surface area contributed by atoms with Gasteiger partial charge in [-0.15, -0.1) is 0 Å². The van der Waals surface area contributed by atoms with Gasteiger partial charge in [0.05, 0.1) is 0 Å². The van der Waals surface area contributed by atoms with Gasteiger partial charge in [0, 0.05) is 47.5 Å². The number of nitrogens with zero attached hydrogens (tertiary/aromatic N) is 4. The first kappa shape index (κ1) is 33.0. The van der Waals surface area contributed by atoms with Gasteiger partial charge in [0.2, 0.25) is 0 Å². The van der Waals surface area contributed by atoms with Gasteiger partial charge in [-0.1, -0.05) is 91.8 Å². The second-order valence-corrected chi connectivity index (χ2v) is 9.59. The van der Waals surface area contributed by atoms with E-state index in [9.17, 15) is 0 Å². The Morgan fingerprint density at radius 1 is 0.500 bits per heavy atom. The third-order valence-electron chi connectivity index (χ3n) is 6.01. The van der Waals surface area contributed by atoms with Crippen molar-refractivity contribution in [1.82, 2.24) is 19.9 Å². The molecule has 2 aromatic heterocycles. The standard InChI is InChI=1S/C17H16N4.C10H8ClN3.C7H9N.CH4/c1-13-7-5-6-10-15(13)21-17-16(18-11-12-19-17)20-14-8-3-2-4-9-14;11-9-10(13-7-6-12-9)14-8-4-2-1-3-5-8;1-6-4-2-3-5-7(6)8;/h2-12H,1H3,(H,18,20)(H,19,21);1-7H,(H,13,14);2-5H,8H2,1H3;1H4. The third-order valence-corrected chi connectivity index (χ3v) is 6.29. The summed E-state index contributed by atoms with van der Waals surface area (Å²) in [5.74, 6) is 1.97. The fraction of sp³-hybridized carbons (Fsp3) is 0.0857. The van der Waals surface area contributed by atoms with Crippen LogP contribution in [0.2, 0.25) is 5.15 Å². The van der Waals surface area contributed by atoms with Crippen molar-refractivity contribution in [2.75, 3.05) is 21.7 Å². The highest BCUT2D eigenvalue weighted by Gasteiger charge is 2.07. The highest BCUT2D eigenvalue weighted by atomic mass is 35.5. The summed E-state index contributed by atoms with van der Waals surface area (Å²) in [4.78, 5) is 16.7. The molecule has 0 aliphatic carbocycles. The van der Waals surface area contributed by atoms with Crippen molar-refractivity contribution in [2.24, 2.45) is 0 Å². The summed E-state index contributed by atoms with van der Waals surface area (Å²) in [7, 11) is 0. The van der Waals surface area contributed by atoms with E-state index in [1.165, 1.54) is 0 Å². The number of nitrogen functional groups attached to an aromatic ring is 1. The highest BCUT2D eigenvalue weighted by molar-refractivity contribution is 6.31. The summed E-state index contributed by atoms with van der Waals surface area (Å²) in [6, 6.07) is 35.5. The van der Waals surface area contributed by atoms with Crippen LogP contribution in [-0.2, 0) is 0 Å².